The van der Waals surface area contributed by atoms with Gasteiger partial charge in [0.2, 0.25) is 0 Å². The summed E-state index contributed by atoms with van der Waals surface area (Å²) in [6.45, 7) is 2.11. The summed E-state index contributed by atoms with van der Waals surface area (Å²) in [6.07, 6.45) is 3.26. The van der Waals surface area contributed by atoms with Crippen LogP contribution in [0.3, 0.4) is 0 Å². The van der Waals surface area contributed by atoms with Gasteiger partial charge in [-0.05, 0) is 44.0 Å². The maximum absolute atomic E-state index is 12.3. The molecule has 2 rings (SSSR count). The Kier molecular flexibility index (Phi) is 5.79. The number of ether oxygens (including phenoxy) is 2. The van der Waals surface area contributed by atoms with Gasteiger partial charge < -0.3 is 9.47 Å². The fraction of sp³-hybridized carbons (Fsp3) is 0.500. The number of rotatable bonds is 4. The van der Waals surface area contributed by atoms with Crippen molar-refractivity contribution in [2.45, 2.75) is 32.6 Å². The number of esters is 2. The van der Waals surface area contributed by atoms with Gasteiger partial charge in [-0.1, -0.05) is 28.8 Å². The van der Waals surface area contributed by atoms with Crippen LogP contribution in [0.1, 0.15) is 32.6 Å². The van der Waals surface area contributed by atoms with Crippen LogP contribution in [0, 0.1) is 11.8 Å². The van der Waals surface area contributed by atoms with Gasteiger partial charge >= 0.3 is 11.9 Å². The molecule has 0 aromatic heterocycles. The third-order valence-electron chi connectivity index (χ3n) is 3.69. The number of carbonyl (C=O) groups excluding carboxylic acids is 2. The predicted molar refractivity (Wildman–Crippen MR) is 81.9 cm³/mol. The molecule has 2 atom stereocenters. The van der Waals surface area contributed by atoms with Gasteiger partial charge in [0.15, 0.2) is 0 Å². The molecule has 0 bridgehead atoms. The second-order valence-electron chi connectivity index (χ2n) is 5.12. The van der Waals surface area contributed by atoms with Crippen LogP contribution in [0.25, 0.3) is 0 Å². The number of hydrogen-bond donors (Lipinski definition) is 0. The largest absolute Gasteiger partial charge is 0.466 e. The van der Waals surface area contributed by atoms with Crippen molar-refractivity contribution >= 4 is 27.9 Å². The van der Waals surface area contributed by atoms with Gasteiger partial charge in [0.05, 0.1) is 18.4 Å². The average molecular weight is 355 g/mol. The van der Waals surface area contributed by atoms with Gasteiger partial charge in [-0.2, -0.15) is 0 Å². The molecule has 0 N–H and O–H groups in total. The Morgan fingerprint density at radius 1 is 1.10 bits per heavy atom. The number of benzene rings is 1. The normalized spacial score (nSPS) is 21.6. The number of halogens is 1. The Hall–Kier alpha value is -1.36. The smallest absolute Gasteiger partial charge is 0.315 e. The van der Waals surface area contributed by atoms with Crippen molar-refractivity contribution in [1.29, 1.82) is 0 Å². The van der Waals surface area contributed by atoms with E-state index in [-0.39, 0.29) is 17.9 Å². The Morgan fingerprint density at radius 2 is 1.67 bits per heavy atom. The maximum Gasteiger partial charge on any atom is 0.315 e. The summed E-state index contributed by atoms with van der Waals surface area (Å²) in [7, 11) is 0. The number of carbonyl (C=O) groups is 2. The average Bonchev–Trinajstić information content (AvgIpc) is 2.50. The molecule has 0 amide bonds. The molecule has 0 aliphatic heterocycles. The van der Waals surface area contributed by atoms with Crippen LogP contribution in [-0.4, -0.2) is 18.5 Å². The standard InChI is InChI=1S/C16H19BrO4/c1-2-20-15(18)13-5-3-4-6-14(13)16(19)21-12-9-7-11(17)8-10-12/h7-10,13-14H,2-6H2,1H3. The molecule has 1 aromatic rings. The Bertz CT molecular complexity index is 498. The molecule has 2 unspecified atom stereocenters. The van der Waals surface area contributed by atoms with Gasteiger partial charge in [-0.3, -0.25) is 9.59 Å². The highest BCUT2D eigenvalue weighted by Gasteiger charge is 2.37. The van der Waals surface area contributed by atoms with Crippen molar-refractivity contribution in [2.24, 2.45) is 11.8 Å². The van der Waals surface area contributed by atoms with Crippen LogP contribution >= 0.6 is 15.9 Å². The molecule has 0 saturated heterocycles. The quantitative estimate of drug-likeness (QED) is 0.610. The van der Waals surface area contributed by atoms with Crippen molar-refractivity contribution in [1.82, 2.24) is 0 Å². The van der Waals surface area contributed by atoms with Gasteiger partial charge in [-0.15, -0.1) is 0 Å². The SMILES string of the molecule is CCOC(=O)C1CCCCC1C(=O)Oc1ccc(Br)cc1. The van der Waals surface area contributed by atoms with Crippen molar-refractivity contribution in [3.05, 3.63) is 28.7 Å². The second kappa shape index (κ2) is 7.59. The Balaban J connectivity index is 2.04. The van der Waals surface area contributed by atoms with E-state index in [1.54, 1.807) is 19.1 Å². The lowest BCUT2D eigenvalue weighted by molar-refractivity contribution is -0.158. The van der Waals surface area contributed by atoms with E-state index < -0.39 is 5.92 Å². The maximum atomic E-state index is 12.3. The van der Waals surface area contributed by atoms with Crippen LogP contribution in [0.5, 0.6) is 5.75 Å². The van der Waals surface area contributed by atoms with Crippen molar-refractivity contribution < 1.29 is 19.1 Å². The van der Waals surface area contributed by atoms with Crippen LogP contribution in [0.4, 0.5) is 0 Å². The van der Waals surface area contributed by atoms with E-state index in [4.69, 9.17) is 9.47 Å². The van der Waals surface area contributed by atoms with E-state index in [1.165, 1.54) is 0 Å². The molecule has 1 aliphatic rings. The first kappa shape index (κ1) is 16.0. The fourth-order valence-electron chi connectivity index (χ4n) is 2.64. The second-order valence-corrected chi connectivity index (χ2v) is 6.04. The van der Waals surface area contributed by atoms with Crippen LogP contribution in [0.2, 0.25) is 0 Å². The molecule has 4 nitrogen and oxygen atoms in total. The summed E-state index contributed by atoms with van der Waals surface area (Å²) in [6, 6.07) is 7.08. The topological polar surface area (TPSA) is 52.6 Å². The first-order valence-electron chi connectivity index (χ1n) is 7.25. The minimum absolute atomic E-state index is 0.282. The van der Waals surface area contributed by atoms with E-state index >= 15 is 0 Å². The summed E-state index contributed by atoms with van der Waals surface area (Å²) >= 11 is 3.33. The van der Waals surface area contributed by atoms with E-state index in [2.05, 4.69) is 15.9 Å². The molecule has 0 heterocycles. The summed E-state index contributed by atoms with van der Waals surface area (Å²) in [4.78, 5) is 24.3. The lowest BCUT2D eigenvalue weighted by Crippen LogP contribution is -2.36. The van der Waals surface area contributed by atoms with Crippen LogP contribution < -0.4 is 4.74 Å². The number of hydrogen-bond acceptors (Lipinski definition) is 4. The highest BCUT2D eigenvalue weighted by atomic mass is 79.9. The van der Waals surface area contributed by atoms with Gasteiger partial charge in [-0.25, -0.2) is 0 Å². The molecule has 114 valence electrons. The zero-order chi connectivity index (χ0) is 15.2. The molecule has 0 radical (unpaired) electrons. The van der Waals surface area contributed by atoms with Crippen molar-refractivity contribution in [3.63, 3.8) is 0 Å². The third-order valence-corrected chi connectivity index (χ3v) is 4.22. The molecule has 1 aromatic carbocycles. The lowest BCUT2D eigenvalue weighted by Gasteiger charge is -2.28. The monoisotopic (exact) mass is 354 g/mol. The zero-order valence-corrected chi connectivity index (χ0v) is 13.6. The minimum Gasteiger partial charge on any atom is -0.466 e. The molecule has 5 heteroatoms. The lowest BCUT2D eigenvalue weighted by atomic mass is 9.79. The van der Waals surface area contributed by atoms with Gasteiger partial charge in [0.1, 0.15) is 5.75 Å². The highest BCUT2D eigenvalue weighted by molar-refractivity contribution is 9.10. The molecular formula is C16H19BrO4. The summed E-state index contributed by atoms with van der Waals surface area (Å²) in [5, 5.41) is 0. The minimum atomic E-state index is -0.401. The van der Waals surface area contributed by atoms with Crippen LogP contribution in [-0.2, 0) is 14.3 Å². The predicted octanol–water partition coefficient (Wildman–Crippen LogP) is 3.72. The molecule has 0 spiro atoms. The molecule has 21 heavy (non-hydrogen) atoms. The molecule has 1 fully saturated rings. The van der Waals surface area contributed by atoms with Gasteiger partial charge in [0, 0.05) is 4.47 Å². The first-order chi connectivity index (χ1) is 10.1. The van der Waals surface area contributed by atoms with Crippen LogP contribution in [0.15, 0.2) is 28.7 Å². The zero-order valence-electron chi connectivity index (χ0n) is 12.0. The van der Waals surface area contributed by atoms with Crippen molar-refractivity contribution in [2.75, 3.05) is 6.61 Å². The van der Waals surface area contributed by atoms with Crippen molar-refractivity contribution in [3.8, 4) is 5.75 Å². The Labute approximate surface area is 132 Å². The summed E-state index contributed by atoms with van der Waals surface area (Å²) in [5.74, 6) is -0.899. The van der Waals surface area contributed by atoms with E-state index in [0.29, 0.717) is 25.2 Å². The van der Waals surface area contributed by atoms with E-state index in [1.807, 2.05) is 12.1 Å². The Morgan fingerprint density at radius 3 is 2.24 bits per heavy atom. The molecule has 1 saturated carbocycles. The summed E-state index contributed by atoms with van der Waals surface area (Å²) < 4.78 is 11.4. The van der Waals surface area contributed by atoms with E-state index in [0.717, 1.165) is 17.3 Å². The molecular weight excluding hydrogens is 336 g/mol. The highest BCUT2D eigenvalue weighted by Crippen LogP contribution is 2.32. The molecule has 1 aliphatic carbocycles. The fourth-order valence-corrected chi connectivity index (χ4v) is 2.90. The van der Waals surface area contributed by atoms with E-state index in [9.17, 15) is 9.59 Å². The third kappa shape index (κ3) is 4.30. The van der Waals surface area contributed by atoms with Gasteiger partial charge in [0.25, 0.3) is 0 Å². The first-order valence-corrected chi connectivity index (χ1v) is 8.05. The summed E-state index contributed by atoms with van der Waals surface area (Å²) in [5.41, 5.74) is 0.